The molecule has 0 amide bonds. The summed E-state index contributed by atoms with van der Waals surface area (Å²) < 4.78 is 20.8. The Balaban J connectivity index is 2.10. The number of imidazole rings is 1. The number of rotatable bonds is 3. The van der Waals surface area contributed by atoms with Gasteiger partial charge in [0.15, 0.2) is 23.5 Å². The molecule has 0 saturated carbocycles. The fourth-order valence-corrected chi connectivity index (χ4v) is 1.97. The van der Waals surface area contributed by atoms with Crippen LogP contribution in [0.2, 0.25) is 0 Å². The van der Waals surface area contributed by atoms with Gasteiger partial charge in [-0.3, -0.25) is 9.20 Å². The van der Waals surface area contributed by atoms with Crippen molar-refractivity contribution in [2.75, 3.05) is 0 Å². The SMILES string of the molecule is Cc1ccc(F)c(Oc2nc3ccccn3c2C=O)c1. The number of aromatic nitrogens is 2. The van der Waals surface area contributed by atoms with Crippen LogP contribution in [0.5, 0.6) is 11.6 Å². The highest BCUT2D eigenvalue weighted by molar-refractivity contribution is 5.78. The molecule has 0 spiro atoms. The van der Waals surface area contributed by atoms with Crippen molar-refractivity contribution in [2.45, 2.75) is 6.92 Å². The van der Waals surface area contributed by atoms with Crippen LogP contribution in [0.4, 0.5) is 4.39 Å². The Morgan fingerprint density at radius 2 is 2.15 bits per heavy atom. The summed E-state index contributed by atoms with van der Waals surface area (Å²) in [5, 5.41) is 0. The van der Waals surface area contributed by atoms with Crippen LogP contribution in [0.15, 0.2) is 42.6 Å². The summed E-state index contributed by atoms with van der Waals surface area (Å²) in [6.45, 7) is 1.83. The zero-order chi connectivity index (χ0) is 14.1. The molecule has 0 bridgehead atoms. The van der Waals surface area contributed by atoms with E-state index in [0.717, 1.165) is 5.56 Å². The molecule has 0 saturated heterocycles. The molecule has 2 aromatic heterocycles. The molecule has 20 heavy (non-hydrogen) atoms. The highest BCUT2D eigenvalue weighted by Gasteiger charge is 2.15. The number of pyridine rings is 1. The number of aryl methyl sites for hydroxylation is 1. The summed E-state index contributed by atoms with van der Waals surface area (Å²) in [7, 11) is 0. The van der Waals surface area contributed by atoms with Gasteiger partial charge in [-0.05, 0) is 36.8 Å². The molecule has 0 atom stereocenters. The lowest BCUT2D eigenvalue weighted by Gasteiger charge is -2.05. The highest BCUT2D eigenvalue weighted by atomic mass is 19.1. The molecule has 3 rings (SSSR count). The number of carbonyl (C=O) groups excluding carboxylic acids is 1. The first kappa shape index (κ1) is 12.3. The van der Waals surface area contributed by atoms with E-state index in [1.807, 2.05) is 6.92 Å². The van der Waals surface area contributed by atoms with Crippen LogP contribution in [0, 0.1) is 12.7 Å². The first-order valence-electron chi connectivity index (χ1n) is 6.05. The Kier molecular flexibility index (Phi) is 2.95. The van der Waals surface area contributed by atoms with Crippen LogP contribution in [0.1, 0.15) is 16.1 Å². The van der Waals surface area contributed by atoms with Crippen LogP contribution in [0.25, 0.3) is 5.65 Å². The molecule has 0 aliphatic carbocycles. The third-order valence-electron chi connectivity index (χ3n) is 2.94. The molecular weight excluding hydrogens is 259 g/mol. The Hall–Kier alpha value is -2.69. The monoisotopic (exact) mass is 270 g/mol. The summed E-state index contributed by atoms with van der Waals surface area (Å²) in [5.74, 6) is -0.350. The molecule has 2 heterocycles. The molecule has 0 radical (unpaired) electrons. The van der Waals surface area contributed by atoms with Crippen LogP contribution in [-0.4, -0.2) is 15.7 Å². The Morgan fingerprint density at radius 3 is 2.95 bits per heavy atom. The summed E-state index contributed by atoms with van der Waals surface area (Å²) in [5.41, 5.74) is 1.68. The summed E-state index contributed by atoms with van der Waals surface area (Å²) in [6, 6.07) is 9.85. The van der Waals surface area contributed by atoms with Crippen molar-refractivity contribution in [3.63, 3.8) is 0 Å². The molecule has 1 aromatic carbocycles. The summed E-state index contributed by atoms with van der Waals surface area (Å²) >= 11 is 0. The largest absolute Gasteiger partial charge is 0.434 e. The maximum absolute atomic E-state index is 13.7. The standard InChI is InChI=1S/C15H11FN2O2/c1-10-5-6-11(16)13(8-10)20-15-12(9-19)18-7-3-2-4-14(18)17-15/h2-9H,1H3. The number of ether oxygens (including phenoxy) is 1. The minimum absolute atomic E-state index is 0.0523. The van der Waals surface area contributed by atoms with Gasteiger partial charge < -0.3 is 4.74 Å². The van der Waals surface area contributed by atoms with Gasteiger partial charge in [-0.15, -0.1) is 0 Å². The number of carbonyl (C=O) groups is 1. The zero-order valence-corrected chi connectivity index (χ0v) is 10.7. The van der Waals surface area contributed by atoms with Gasteiger partial charge in [0, 0.05) is 6.20 Å². The summed E-state index contributed by atoms with van der Waals surface area (Å²) in [6.07, 6.45) is 2.34. The van der Waals surface area contributed by atoms with Crippen molar-refractivity contribution in [3.05, 3.63) is 59.7 Å². The van der Waals surface area contributed by atoms with Gasteiger partial charge in [-0.1, -0.05) is 12.1 Å². The van der Waals surface area contributed by atoms with Crippen molar-refractivity contribution >= 4 is 11.9 Å². The summed E-state index contributed by atoms with van der Waals surface area (Å²) in [4.78, 5) is 15.4. The Morgan fingerprint density at radius 1 is 1.30 bits per heavy atom. The van der Waals surface area contributed by atoms with Crippen LogP contribution in [-0.2, 0) is 0 Å². The number of aldehydes is 1. The molecule has 100 valence electrons. The second kappa shape index (κ2) is 4.77. The van der Waals surface area contributed by atoms with Crippen molar-refractivity contribution in [1.82, 2.24) is 9.38 Å². The molecule has 5 heteroatoms. The van der Waals surface area contributed by atoms with E-state index in [1.54, 1.807) is 40.9 Å². The quantitative estimate of drug-likeness (QED) is 0.685. The third-order valence-corrected chi connectivity index (χ3v) is 2.94. The van der Waals surface area contributed by atoms with E-state index in [0.29, 0.717) is 11.9 Å². The number of hydrogen-bond donors (Lipinski definition) is 0. The molecule has 3 aromatic rings. The lowest BCUT2D eigenvalue weighted by Crippen LogP contribution is -1.94. The van der Waals surface area contributed by atoms with E-state index in [-0.39, 0.29) is 17.3 Å². The van der Waals surface area contributed by atoms with Crippen LogP contribution >= 0.6 is 0 Å². The number of nitrogens with zero attached hydrogens (tertiary/aromatic N) is 2. The second-order valence-corrected chi connectivity index (χ2v) is 4.38. The minimum atomic E-state index is -0.496. The Labute approximate surface area is 114 Å². The van der Waals surface area contributed by atoms with E-state index in [9.17, 15) is 9.18 Å². The van der Waals surface area contributed by atoms with E-state index in [1.165, 1.54) is 6.07 Å². The van der Waals surface area contributed by atoms with Crippen LogP contribution < -0.4 is 4.74 Å². The van der Waals surface area contributed by atoms with Gasteiger partial charge in [-0.25, -0.2) is 4.39 Å². The second-order valence-electron chi connectivity index (χ2n) is 4.38. The van der Waals surface area contributed by atoms with Gasteiger partial charge in [0.05, 0.1) is 0 Å². The van der Waals surface area contributed by atoms with E-state index >= 15 is 0 Å². The molecule has 0 unspecified atom stereocenters. The average Bonchev–Trinajstić information content (AvgIpc) is 2.80. The predicted molar refractivity (Wildman–Crippen MR) is 71.8 cm³/mol. The van der Waals surface area contributed by atoms with Gasteiger partial charge >= 0.3 is 0 Å². The third kappa shape index (κ3) is 2.03. The highest BCUT2D eigenvalue weighted by Crippen LogP contribution is 2.27. The molecule has 0 N–H and O–H groups in total. The van der Waals surface area contributed by atoms with E-state index < -0.39 is 5.82 Å². The van der Waals surface area contributed by atoms with Crippen molar-refractivity contribution in [3.8, 4) is 11.6 Å². The first-order valence-corrected chi connectivity index (χ1v) is 6.05. The molecule has 0 aliphatic rings. The zero-order valence-electron chi connectivity index (χ0n) is 10.7. The van der Waals surface area contributed by atoms with Crippen molar-refractivity contribution in [1.29, 1.82) is 0 Å². The van der Waals surface area contributed by atoms with Gasteiger partial charge in [-0.2, -0.15) is 4.98 Å². The maximum atomic E-state index is 13.7. The smallest absolute Gasteiger partial charge is 0.249 e. The van der Waals surface area contributed by atoms with Gasteiger partial charge in [0.2, 0.25) is 5.88 Å². The molecular formula is C15H11FN2O2. The number of benzene rings is 1. The van der Waals surface area contributed by atoms with E-state index in [2.05, 4.69) is 4.98 Å². The Bertz CT molecular complexity index is 796. The lowest BCUT2D eigenvalue weighted by atomic mass is 10.2. The normalized spacial score (nSPS) is 10.7. The minimum Gasteiger partial charge on any atom is -0.434 e. The predicted octanol–water partition coefficient (Wildman–Crippen LogP) is 3.39. The molecule has 4 nitrogen and oxygen atoms in total. The van der Waals surface area contributed by atoms with Crippen LogP contribution in [0.3, 0.4) is 0 Å². The van der Waals surface area contributed by atoms with E-state index in [4.69, 9.17) is 4.74 Å². The number of halogens is 1. The van der Waals surface area contributed by atoms with Gasteiger partial charge in [0.25, 0.3) is 0 Å². The first-order chi connectivity index (χ1) is 9.69. The average molecular weight is 270 g/mol. The number of fused-ring (bicyclic) bond motifs is 1. The lowest BCUT2D eigenvalue weighted by molar-refractivity contribution is 0.111. The maximum Gasteiger partial charge on any atom is 0.249 e. The number of hydrogen-bond acceptors (Lipinski definition) is 3. The fourth-order valence-electron chi connectivity index (χ4n) is 1.97. The fraction of sp³-hybridized carbons (Fsp3) is 0.0667. The molecule has 0 fully saturated rings. The topological polar surface area (TPSA) is 43.6 Å². The van der Waals surface area contributed by atoms with Gasteiger partial charge in [0.1, 0.15) is 5.65 Å². The molecule has 0 aliphatic heterocycles. The van der Waals surface area contributed by atoms with Crippen molar-refractivity contribution in [2.24, 2.45) is 0 Å². The van der Waals surface area contributed by atoms with Crippen molar-refractivity contribution < 1.29 is 13.9 Å².